The number of nitrogens with zero attached hydrogens (tertiary/aromatic N) is 1. The van der Waals surface area contributed by atoms with Crippen molar-refractivity contribution in [2.75, 3.05) is 5.32 Å². The minimum absolute atomic E-state index is 0.0548. The molecule has 2 heterocycles. The first kappa shape index (κ1) is 17.5. The smallest absolute Gasteiger partial charge is 0.293 e. The number of furan rings is 1. The number of hydrogen-bond acceptors (Lipinski definition) is 5. The Bertz CT molecular complexity index is 949. The standard InChI is InChI=1S/C20H19N3O3S/c24-18(22-16-8-3-6-13-5-1-2-7-15(13)16)11-14-12-27-20(21-14)23-19(25)17-9-4-10-26-17/h1-2,4-5,7,9-10,12,16H,3,6,8,11H2,(H,22,24)(H,21,23,25). The van der Waals surface area contributed by atoms with Crippen LogP contribution in [0.4, 0.5) is 5.13 Å². The van der Waals surface area contributed by atoms with Crippen LogP contribution in [0.2, 0.25) is 0 Å². The van der Waals surface area contributed by atoms with Crippen LogP contribution in [0, 0.1) is 0 Å². The molecule has 2 aromatic heterocycles. The van der Waals surface area contributed by atoms with Gasteiger partial charge < -0.3 is 9.73 Å². The normalized spacial score (nSPS) is 15.8. The van der Waals surface area contributed by atoms with E-state index in [-0.39, 0.29) is 30.0 Å². The Balaban J connectivity index is 1.35. The zero-order valence-corrected chi connectivity index (χ0v) is 15.4. The Morgan fingerprint density at radius 2 is 2.11 bits per heavy atom. The number of amides is 2. The first-order valence-electron chi connectivity index (χ1n) is 8.85. The second kappa shape index (κ2) is 7.75. The molecule has 0 spiro atoms. The maximum Gasteiger partial charge on any atom is 0.293 e. The van der Waals surface area contributed by atoms with Crippen LogP contribution in [0.1, 0.15) is 46.3 Å². The number of thiazole rings is 1. The van der Waals surface area contributed by atoms with Gasteiger partial charge in [0, 0.05) is 5.38 Å². The lowest BCUT2D eigenvalue weighted by atomic mass is 9.87. The fraction of sp³-hybridized carbons (Fsp3) is 0.250. The van der Waals surface area contributed by atoms with Crippen molar-refractivity contribution in [3.05, 3.63) is 70.6 Å². The molecule has 2 amide bonds. The molecule has 0 aliphatic heterocycles. The molecular weight excluding hydrogens is 362 g/mol. The molecule has 2 N–H and O–H groups in total. The van der Waals surface area contributed by atoms with E-state index in [9.17, 15) is 9.59 Å². The summed E-state index contributed by atoms with van der Waals surface area (Å²) in [5, 5.41) is 8.03. The lowest BCUT2D eigenvalue weighted by molar-refractivity contribution is -0.121. The summed E-state index contributed by atoms with van der Waals surface area (Å²) in [5.41, 5.74) is 3.16. The highest BCUT2D eigenvalue weighted by molar-refractivity contribution is 7.14. The molecule has 1 atom stereocenters. The van der Waals surface area contributed by atoms with Crippen LogP contribution in [0.25, 0.3) is 0 Å². The van der Waals surface area contributed by atoms with Crippen LogP contribution in [-0.4, -0.2) is 16.8 Å². The fourth-order valence-electron chi connectivity index (χ4n) is 3.33. The van der Waals surface area contributed by atoms with Crippen molar-refractivity contribution in [1.82, 2.24) is 10.3 Å². The van der Waals surface area contributed by atoms with Gasteiger partial charge in [-0.3, -0.25) is 14.9 Å². The van der Waals surface area contributed by atoms with Gasteiger partial charge in [-0.15, -0.1) is 11.3 Å². The van der Waals surface area contributed by atoms with Gasteiger partial charge in [-0.05, 0) is 42.5 Å². The number of aromatic nitrogens is 1. The highest BCUT2D eigenvalue weighted by atomic mass is 32.1. The quantitative estimate of drug-likeness (QED) is 0.705. The summed E-state index contributed by atoms with van der Waals surface area (Å²) in [6, 6.07) is 11.6. The SMILES string of the molecule is O=C(Cc1csc(NC(=O)c2ccco2)n1)NC1CCCc2ccccc21. The van der Waals surface area contributed by atoms with Gasteiger partial charge in [0.2, 0.25) is 5.91 Å². The molecule has 0 bridgehead atoms. The summed E-state index contributed by atoms with van der Waals surface area (Å²) in [7, 11) is 0. The third kappa shape index (κ3) is 4.09. The van der Waals surface area contributed by atoms with Crippen molar-refractivity contribution in [2.45, 2.75) is 31.7 Å². The predicted molar refractivity (Wildman–Crippen MR) is 103 cm³/mol. The first-order chi connectivity index (χ1) is 13.2. The maximum absolute atomic E-state index is 12.5. The number of benzene rings is 1. The number of hydrogen-bond donors (Lipinski definition) is 2. The summed E-state index contributed by atoms with van der Waals surface area (Å²) in [5.74, 6) is -0.199. The van der Waals surface area contributed by atoms with Gasteiger partial charge in [-0.1, -0.05) is 24.3 Å². The summed E-state index contributed by atoms with van der Waals surface area (Å²) in [6.07, 6.45) is 4.71. The third-order valence-corrected chi connectivity index (χ3v) is 5.37. The summed E-state index contributed by atoms with van der Waals surface area (Å²) in [4.78, 5) is 28.8. The zero-order valence-electron chi connectivity index (χ0n) is 14.6. The molecule has 1 unspecified atom stereocenters. The Morgan fingerprint density at radius 1 is 1.22 bits per heavy atom. The van der Waals surface area contributed by atoms with Crippen molar-refractivity contribution in [3.63, 3.8) is 0 Å². The fourth-order valence-corrected chi connectivity index (χ4v) is 4.03. The molecule has 27 heavy (non-hydrogen) atoms. The van der Waals surface area contributed by atoms with Gasteiger partial charge in [0.25, 0.3) is 5.91 Å². The monoisotopic (exact) mass is 381 g/mol. The lowest BCUT2D eigenvalue weighted by Gasteiger charge is -2.26. The zero-order chi connectivity index (χ0) is 18.6. The van der Waals surface area contributed by atoms with E-state index in [2.05, 4.69) is 27.8 Å². The topological polar surface area (TPSA) is 84.2 Å². The first-order valence-corrected chi connectivity index (χ1v) is 9.73. The van der Waals surface area contributed by atoms with Crippen molar-refractivity contribution in [3.8, 4) is 0 Å². The highest BCUT2D eigenvalue weighted by Gasteiger charge is 2.22. The van der Waals surface area contributed by atoms with E-state index in [1.807, 2.05) is 12.1 Å². The number of aryl methyl sites for hydroxylation is 1. The van der Waals surface area contributed by atoms with E-state index in [0.717, 1.165) is 19.3 Å². The Kier molecular flexibility index (Phi) is 5.02. The van der Waals surface area contributed by atoms with Gasteiger partial charge >= 0.3 is 0 Å². The molecule has 7 heteroatoms. The van der Waals surface area contributed by atoms with Crippen LogP contribution in [0.15, 0.2) is 52.5 Å². The van der Waals surface area contributed by atoms with Gasteiger partial charge in [0.15, 0.2) is 10.9 Å². The predicted octanol–water partition coefficient (Wildman–Crippen LogP) is 3.72. The van der Waals surface area contributed by atoms with Crippen LogP contribution in [-0.2, 0) is 17.6 Å². The molecule has 0 fully saturated rings. The van der Waals surface area contributed by atoms with E-state index in [4.69, 9.17) is 4.42 Å². The van der Waals surface area contributed by atoms with Crippen molar-refractivity contribution in [2.24, 2.45) is 0 Å². The largest absolute Gasteiger partial charge is 0.459 e. The number of rotatable bonds is 5. The molecule has 1 aromatic carbocycles. The summed E-state index contributed by atoms with van der Waals surface area (Å²) >= 11 is 1.29. The van der Waals surface area contributed by atoms with E-state index in [1.54, 1.807) is 17.5 Å². The number of carbonyl (C=O) groups excluding carboxylic acids is 2. The molecule has 0 saturated carbocycles. The molecule has 6 nitrogen and oxygen atoms in total. The van der Waals surface area contributed by atoms with Gasteiger partial charge in [0.1, 0.15) is 0 Å². The third-order valence-electron chi connectivity index (χ3n) is 4.56. The van der Waals surface area contributed by atoms with Crippen molar-refractivity contribution < 1.29 is 14.0 Å². The maximum atomic E-state index is 12.5. The van der Waals surface area contributed by atoms with Crippen LogP contribution in [0.5, 0.6) is 0 Å². The average molecular weight is 381 g/mol. The Labute approximate surface area is 160 Å². The second-order valence-corrected chi connectivity index (χ2v) is 7.32. The van der Waals surface area contributed by atoms with E-state index < -0.39 is 0 Å². The van der Waals surface area contributed by atoms with Gasteiger partial charge in [0.05, 0.1) is 24.4 Å². The second-order valence-electron chi connectivity index (χ2n) is 6.46. The van der Waals surface area contributed by atoms with Crippen LogP contribution < -0.4 is 10.6 Å². The number of fused-ring (bicyclic) bond motifs is 1. The van der Waals surface area contributed by atoms with E-state index in [1.165, 1.54) is 28.7 Å². The van der Waals surface area contributed by atoms with Gasteiger partial charge in [-0.25, -0.2) is 4.98 Å². The van der Waals surface area contributed by atoms with E-state index >= 15 is 0 Å². The number of anilines is 1. The van der Waals surface area contributed by atoms with Crippen LogP contribution in [0.3, 0.4) is 0 Å². The van der Waals surface area contributed by atoms with Crippen molar-refractivity contribution in [1.29, 1.82) is 0 Å². The average Bonchev–Trinajstić information content (AvgIpc) is 3.34. The molecule has 0 radical (unpaired) electrons. The van der Waals surface area contributed by atoms with Crippen molar-refractivity contribution >= 4 is 28.3 Å². The summed E-state index contributed by atoms with van der Waals surface area (Å²) in [6.45, 7) is 0. The minimum Gasteiger partial charge on any atom is -0.459 e. The lowest BCUT2D eigenvalue weighted by Crippen LogP contribution is -2.32. The van der Waals surface area contributed by atoms with Gasteiger partial charge in [-0.2, -0.15) is 0 Å². The van der Waals surface area contributed by atoms with E-state index in [0.29, 0.717) is 10.8 Å². The molecule has 3 aromatic rings. The molecule has 138 valence electrons. The Morgan fingerprint density at radius 3 is 2.96 bits per heavy atom. The molecule has 4 rings (SSSR count). The molecule has 1 aliphatic rings. The Hall–Kier alpha value is -2.93. The number of carbonyl (C=O) groups is 2. The molecule has 1 aliphatic carbocycles. The molecular formula is C20H19N3O3S. The van der Waals surface area contributed by atoms with Crippen LogP contribution >= 0.6 is 11.3 Å². The number of nitrogens with one attached hydrogen (secondary N) is 2. The molecule has 0 saturated heterocycles. The minimum atomic E-state index is -0.357. The summed E-state index contributed by atoms with van der Waals surface area (Å²) < 4.78 is 5.05. The highest BCUT2D eigenvalue weighted by Crippen LogP contribution is 2.29.